The Morgan fingerprint density at radius 2 is 1.91 bits per heavy atom. The van der Waals surface area contributed by atoms with Gasteiger partial charge >= 0.3 is 11.7 Å². The Bertz CT molecular complexity index is 896. The molecule has 0 saturated carbocycles. The van der Waals surface area contributed by atoms with Crippen LogP contribution in [0.1, 0.15) is 16.1 Å². The molecule has 2 aromatic rings. The highest BCUT2D eigenvalue weighted by molar-refractivity contribution is 5.90. The molecule has 9 heteroatoms. The number of hydrogen-bond acceptors (Lipinski definition) is 6. The summed E-state index contributed by atoms with van der Waals surface area (Å²) < 4.78 is 7.12. The molecular formula is C14H13N3O6. The molecule has 23 heavy (non-hydrogen) atoms. The molecule has 1 heterocycles. The summed E-state index contributed by atoms with van der Waals surface area (Å²) in [4.78, 5) is 45.3. The maximum Gasteiger partial charge on any atom is 0.338 e. The molecule has 1 aromatic carbocycles. The van der Waals surface area contributed by atoms with E-state index in [1.54, 1.807) is 0 Å². The van der Waals surface area contributed by atoms with Gasteiger partial charge in [0.1, 0.15) is 6.61 Å². The third-order valence-electron chi connectivity index (χ3n) is 3.27. The summed E-state index contributed by atoms with van der Waals surface area (Å²) in [6, 6.07) is 6.26. The van der Waals surface area contributed by atoms with E-state index >= 15 is 0 Å². The van der Waals surface area contributed by atoms with Crippen LogP contribution in [0.5, 0.6) is 0 Å². The molecule has 120 valence electrons. The average molecular weight is 319 g/mol. The van der Waals surface area contributed by atoms with Gasteiger partial charge in [-0.25, -0.2) is 9.59 Å². The fourth-order valence-corrected chi connectivity index (χ4v) is 1.89. The average Bonchev–Trinajstić information content (AvgIpc) is 2.54. The maximum absolute atomic E-state index is 11.9. The minimum atomic E-state index is -0.790. The molecule has 0 fully saturated rings. The molecule has 0 unspecified atom stereocenters. The fraction of sp³-hybridized carbons (Fsp3) is 0.214. The van der Waals surface area contributed by atoms with Crippen molar-refractivity contribution in [1.82, 2.24) is 9.13 Å². The number of non-ortho nitro benzene ring substituents is 1. The van der Waals surface area contributed by atoms with Crippen molar-refractivity contribution in [3.63, 3.8) is 0 Å². The number of esters is 1. The number of carbonyl (C=O) groups is 1. The summed E-state index contributed by atoms with van der Waals surface area (Å²) >= 11 is 0. The maximum atomic E-state index is 11.9. The minimum Gasteiger partial charge on any atom is -0.456 e. The lowest BCUT2D eigenvalue weighted by Crippen LogP contribution is -2.38. The summed E-state index contributed by atoms with van der Waals surface area (Å²) in [5.41, 5.74) is -1.07. The Morgan fingerprint density at radius 3 is 2.57 bits per heavy atom. The van der Waals surface area contributed by atoms with Gasteiger partial charge in [0.2, 0.25) is 0 Å². The zero-order chi connectivity index (χ0) is 17.1. The Labute approximate surface area is 129 Å². The second-order valence-electron chi connectivity index (χ2n) is 4.76. The monoisotopic (exact) mass is 319 g/mol. The van der Waals surface area contributed by atoms with Gasteiger partial charge in [0, 0.05) is 32.3 Å². The van der Waals surface area contributed by atoms with Crippen LogP contribution < -0.4 is 11.2 Å². The molecule has 1 aromatic heterocycles. The van der Waals surface area contributed by atoms with Gasteiger partial charge in [-0.05, 0) is 6.07 Å². The molecule has 2 rings (SSSR count). The Hall–Kier alpha value is -3.23. The molecule has 0 spiro atoms. The van der Waals surface area contributed by atoms with Crippen molar-refractivity contribution in [1.29, 1.82) is 0 Å². The summed E-state index contributed by atoms with van der Waals surface area (Å²) in [5.74, 6) is -0.790. The van der Waals surface area contributed by atoms with Crippen molar-refractivity contribution in [3.8, 4) is 0 Å². The molecule has 0 saturated heterocycles. The topological polar surface area (TPSA) is 113 Å². The van der Waals surface area contributed by atoms with Gasteiger partial charge in [-0.3, -0.25) is 24.0 Å². The van der Waals surface area contributed by atoms with Crippen molar-refractivity contribution in [2.45, 2.75) is 6.61 Å². The first kappa shape index (κ1) is 16.1. The predicted molar refractivity (Wildman–Crippen MR) is 79.1 cm³/mol. The lowest BCUT2D eigenvalue weighted by atomic mass is 10.2. The lowest BCUT2D eigenvalue weighted by Gasteiger charge is -2.10. The summed E-state index contributed by atoms with van der Waals surface area (Å²) in [7, 11) is 2.78. The number of benzene rings is 1. The predicted octanol–water partition coefficient (Wildman–Crippen LogP) is 0.349. The first-order valence-corrected chi connectivity index (χ1v) is 6.49. The van der Waals surface area contributed by atoms with Crippen molar-refractivity contribution in [2.75, 3.05) is 0 Å². The second kappa shape index (κ2) is 6.26. The van der Waals surface area contributed by atoms with E-state index < -0.39 is 22.1 Å². The smallest absolute Gasteiger partial charge is 0.338 e. The highest BCUT2D eigenvalue weighted by Gasteiger charge is 2.14. The Balaban J connectivity index is 2.20. The number of carbonyl (C=O) groups excluding carboxylic acids is 1. The summed E-state index contributed by atoms with van der Waals surface area (Å²) in [6.45, 7) is -0.302. The highest BCUT2D eigenvalue weighted by Crippen LogP contribution is 2.14. The van der Waals surface area contributed by atoms with E-state index in [1.807, 2.05) is 0 Å². The quantitative estimate of drug-likeness (QED) is 0.456. The van der Waals surface area contributed by atoms with Gasteiger partial charge < -0.3 is 4.74 Å². The van der Waals surface area contributed by atoms with E-state index in [2.05, 4.69) is 0 Å². The van der Waals surface area contributed by atoms with Gasteiger partial charge in [-0.1, -0.05) is 6.07 Å². The number of nitro groups is 1. The molecule has 0 N–H and O–H groups in total. The van der Waals surface area contributed by atoms with Gasteiger partial charge in [0.25, 0.3) is 11.2 Å². The van der Waals surface area contributed by atoms with Gasteiger partial charge in [-0.2, -0.15) is 0 Å². The third kappa shape index (κ3) is 3.34. The number of hydrogen-bond donors (Lipinski definition) is 0. The summed E-state index contributed by atoms with van der Waals surface area (Å²) in [5, 5.41) is 10.7. The van der Waals surface area contributed by atoms with Crippen LogP contribution in [0, 0.1) is 10.1 Å². The zero-order valence-electron chi connectivity index (χ0n) is 12.4. The van der Waals surface area contributed by atoms with E-state index in [4.69, 9.17) is 4.74 Å². The Morgan fingerprint density at radius 1 is 1.22 bits per heavy atom. The van der Waals surface area contributed by atoms with Gasteiger partial charge in [-0.15, -0.1) is 0 Å². The fourth-order valence-electron chi connectivity index (χ4n) is 1.89. The third-order valence-corrected chi connectivity index (χ3v) is 3.27. The van der Waals surface area contributed by atoms with Crippen LogP contribution in [0.4, 0.5) is 5.69 Å². The SMILES string of the molecule is Cn1c(COC(=O)c2cccc([N+](=O)[O-])c2)cc(=O)n(C)c1=O. The molecule has 0 aliphatic carbocycles. The Kier molecular flexibility index (Phi) is 4.39. The van der Waals surface area contributed by atoms with Crippen LogP contribution in [-0.4, -0.2) is 20.0 Å². The normalized spacial score (nSPS) is 10.3. The molecule has 9 nitrogen and oxygen atoms in total. The summed E-state index contributed by atoms with van der Waals surface area (Å²) in [6.07, 6.45) is 0. The van der Waals surface area contributed by atoms with Crippen molar-refractivity contribution >= 4 is 11.7 Å². The van der Waals surface area contributed by atoms with Crippen molar-refractivity contribution in [2.24, 2.45) is 14.1 Å². The van der Waals surface area contributed by atoms with E-state index in [0.717, 1.165) is 10.6 Å². The second-order valence-corrected chi connectivity index (χ2v) is 4.76. The van der Waals surface area contributed by atoms with Crippen LogP contribution in [0.3, 0.4) is 0 Å². The highest BCUT2D eigenvalue weighted by atomic mass is 16.6. The molecule has 0 aliphatic rings. The molecular weight excluding hydrogens is 306 g/mol. The number of ether oxygens (including phenoxy) is 1. The molecule has 0 amide bonds. The minimum absolute atomic E-state index is 0.00744. The number of nitrogens with zero attached hydrogens (tertiary/aromatic N) is 3. The van der Waals surface area contributed by atoms with Gasteiger partial charge in [0.15, 0.2) is 0 Å². The van der Waals surface area contributed by atoms with Crippen molar-refractivity contribution < 1.29 is 14.5 Å². The largest absolute Gasteiger partial charge is 0.456 e. The number of rotatable bonds is 4. The van der Waals surface area contributed by atoms with Crippen LogP contribution in [-0.2, 0) is 25.4 Å². The van der Waals surface area contributed by atoms with Crippen LogP contribution in [0.25, 0.3) is 0 Å². The van der Waals surface area contributed by atoms with E-state index in [-0.39, 0.29) is 23.6 Å². The van der Waals surface area contributed by atoms with E-state index in [0.29, 0.717) is 0 Å². The zero-order valence-corrected chi connectivity index (χ0v) is 12.4. The molecule has 0 aliphatic heterocycles. The molecule has 0 radical (unpaired) electrons. The first-order chi connectivity index (χ1) is 10.8. The van der Waals surface area contributed by atoms with E-state index in [1.165, 1.54) is 42.9 Å². The van der Waals surface area contributed by atoms with Crippen molar-refractivity contribution in [3.05, 3.63) is 72.5 Å². The number of nitro benzene ring substituents is 1. The van der Waals surface area contributed by atoms with Crippen LogP contribution in [0.15, 0.2) is 39.9 Å². The standard InChI is InChI=1S/C14H13N3O6/c1-15-11(7-12(18)16(2)14(15)20)8-23-13(19)9-4-3-5-10(6-9)17(21)22/h3-7H,8H2,1-2H3. The molecule has 0 atom stereocenters. The lowest BCUT2D eigenvalue weighted by molar-refractivity contribution is -0.384. The number of aromatic nitrogens is 2. The van der Waals surface area contributed by atoms with Crippen LogP contribution >= 0.6 is 0 Å². The van der Waals surface area contributed by atoms with E-state index in [9.17, 15) is 24.5 Å². The van der Waals surface area contributed by atoms with Gasteiger partial charge in [0.05, 0.1) is 16.2 Å². The van der Waals surface area contributed by atoms with Crippen LogP contribution in [0.2, 0.25) is 0 Å². The first-order valence-electron chi connectivity index (χ1n) is 6.49. The molecule has 0 bridgehead atoms.